The number of nitrogens with zero attached hydrogens (tertiary/aromatic N) is 1. The zero-order valence-electron chi connectivity index (χ0n) is 11.7. The summed E-state index contributed by atoms with van der Waals surface area (Å²) in [4.78, 5) is 24.8. The number of benzene rings is 1. The van der Waals surface area contributed by atoms with Crippen molar-refractivity contribution in [3.63, 3.8) is 0 Å². The number of carboxylic acid groups (broad SMARTS) is 1. The summed E-state index contributed by atoms with van der Waals surface area (Å²) in [6, 6.07) is 5.37. The van der Waals surface area contributed by atoms with E-state index in [1.165, 1.54) is 24.3 Å². The van der Waals surface area contributed by atoms with E-state index in [0.717, 1.165) is 13.0 Å². The molecule has 0 radical (unpaired) electrons. The summed E-state index contributed by atoms with van der Waals surface area (Å²) in [6.07, 6.45) is 1.58. The van der Waals surface area contributed by atoms with E-state index in [4.69, 9.17) is 5.11 Å². The summed E-state index contributed by atoms with van der Waals surface area (Å²) >= 11 is 0. The van der Waals surface area contributed by atoms with Gasteiger partial charge in [0.1, 0.15) is 5.82 Å². The van der Waals surface area contributed by atoms with Gasteiger partial charge in [0.15, 0.2) is 0 Å². The number of hydrogen-bond acceptors (Lipinski definition) is 3. The Morgan fingerprint density at radius 1 is 1.33 bits per heavy atom. The molecule has 0 spiro atoms. The lowest BCUT2D eigenvalue weighted by Gasteiger charge is -2.30. The van der Waals surface area contributed by atoms with E-state index in [0.29, 0.717) is 31.6 Å². The van der Waals surface area contributed by atoms with Gasteiger partial charge < -0.3 is 15.3 Å². The van der Waals surface area contributed by atoms with Crippen LogP contribution in [0.3, 0.4) is 0 Å². The molecule has 1 aromatic carbocycles. The lowest BCUT2D eigenvalue weighted by atomic mass is 9.98. The Hall–Kier alpha value is -1.95. The van der Waals surface area contributed by atoms with Crippen LogP contribution in [0.5, 0.6) is 0 Å². The van der Waals surface area contributed by atoms with Crippen LogP contribution < -0.4 is 5.32 Å². The first-order valence-corrected chi connectivity index (χ1v) is 7.05. The molecule has 114 valence electrons. The molecule has 0 bridgehead atoms. The van der Waals surface area contributed by atoms with Gasteiger partial charge in [-0.2, -0.15) is 0 Å². The van der Waals surface area contributed by atoms with Crippen molar-refractivity contribution in [2.45, 2.75) is 12.8 Å². The van der Waals surface area contributed by atoms with Gasteiger partial charge in [-0.3, -0.25) is 9.59 Å². The molecule has 1 aromatic rings. The number of nitrogens with one attached hydrogen (secondary N) is 1. The summed E-state index contributed by atoms with van der Waals surface area (Å²) < 4.78 is 12.8. The Morgan fingerprint density at radius 3 is 2.71 bits per heavy atom. The minimum atomic E-state index is -0.755. The third kappa shape index (κ3) is 4.53. The topological polar surface area (TPSA) is 69.6 Å². The number of likely N-dealkylation sites (tertiary alicyclic amines) is 1. The maximum Gasteiger partial charge on any atom is 0.307 e. The van der Waals surface area contributed by atoms with Crippen molar-refractivity contribution in [3.8, 4) is 0 Å². The summed E-state index contributed by atoms with van der Waals surface area (Å²) in [5.74, 6) is -1.69. The van der Waals surface area contributed by atoms with E-state index in [2.05, 4.69) is 5.32 Å². The molecule has 2 N–H and O–H groups in total. The third-order valence-electron chi connectivity index (χ3n) is 3.67. The monoisotopic (exact) mass is 294 g/mol. The smallest absolute Gasteiger partial charge is 0.307 e. The number of halogens is 1. The zero-order valence-corrected chi connectivity index (χ0v) is 11.7. The van der Waals surface area contributed by atoms with Crippen LogP contribution in [0.1, 0.15) is 23.2 Å². The van der Waals surface area contributed by atoms with E-state index in [1.807, 2.05) is 4.90 Å². The standard InChI is InChI=1S/C15H19FN2O3/c16-13-5-3-11(4-6-13)14(19)17-7-9-18-8-1-2-12(10-18)15(20)21/h3-6,12H,1-2,7-10H2,(H,17,19)(H,20,21)/t12-/m1/s1. The fourth-order valence-electron chi connectivity index (χ4n) is 2.49. The molecular formula is C15H19FN2O3. The first kappa shape index (κ1) is 15.4. The van der Waals surface area contributed by atoms with Gasteiger partial charge in [-0.15, -0.1) is 0 Å². The van der Waals surface area contributed by atoms with Crippen LogP contribution in [0.4, 0.5) is 4.39 Å². The second kappa shape index (κ2) is 7.17. The average Bonchev–Trinajstić information content (AvgIpc) is 2.48. The molecule has 21 heavy (non-hydrogen) atoms. The normalized spacial score (nSPS) is 19.2. The molecule has 0 aliphatic carbocycles. The number of carboxylic acids is 1. The highest BCUT2D eigenvalue weighted by Crippen LogP contribution is 2.15. The minimum absolute atomic E-state index is 0.248. The van der Waals surface area contributed by atoms with Gasteiger partial charge in [-0.05, 0) is 43.7 Å². The molecule has 1 aliphatic rings. The number of aliphatic carboxylic acids is 1. The van der Waals surface area contributed by atoms with E-state index < -0.39 is 5.97 Å². The van der Waals surface area contributed by atoms with E-state index in [-0.39, 0.29) is 17.6 Å². The zero-order chi connectivity index (χ0) is 15.2. The van der Waals surface area contributed by atoms with Gasteiger partial charge in [0.05, 0.1) is 5.92 Å². The lowest BCUT2D eigenvalue weighted by Crippen LogP contribution is -2.42. The second-order valence-corrected chi connectivity index (χ2v) is 5.24. The molecule has 1 atom stereocenters. The molecule has 0 unspecified atom stereocenters. The third-order valence-corrected chi connectivity index (χ3v) is 3.67. The molecule has 2 rings (SSSR count). The van der Waals surface area contributed by atoms with Crippen LogP contribution in [-0.2, 0) is 4.79 Å². The Bertz CT molecular complexity index is 504. The molecule has 1 amide bonds. The molecule has 1 aliphatic heterocycles. The Kier molecular flexibility index (Phi) is 5.27. The van der Waals surface area contributed by atoms with Crippen molar-refractivity contribution in [3.05, 3.63) is 35.6 Å². The highest BCUT2D eigenvalue weighted by atomic mass is 19.1. The molecule has 1 saturated heterocycles. The lowest BCUT2D eigenvalue weighted by molar-refractivity contribution is -0.143. The molecule has 6 heteroatoms. The molecule has 5 nitrogen and oxygen atoms in total. The van der Waals surface area contributed by atoms with Crippen molar-refractivity contribution < 1.29 is 19.1 Å². The van der Waals surface area contributed by atoms with E-state index in [9.17, 15) is 14.0 Å². The predicted octanol–water partition coefficient (Wildman–Crippen LogP) is 1.35. The summed E-state index contributed by atoms with van der Waals surface area (Å²) in [5.41, 5.74) is 0.415. The summed E-state index contributed by atoms with van der Waals surface area (Å²) in [7, 11) is 0. The highest BCUT2D eigenvalue weighted by Gasteiger charge is 2.24. The quantitative estimate of drug-likeness (QED) is 0.860. The van der Waals surface area contributed by atoms with Gasteiger partial charge >= 0.3 is 5.97 Å². The first-order chi connectivity index (χ1) is 10.1. The number of rotatable bonds is 5. The molecular weight excluding hydrogens is 275 g/mol. The summed E-state index contributed by atoms with van der Waals surface area (Å²) in [5, 5.41) is 11.8. The van der Waals surface area contributed by atoms with Crippen LogP contribution in [-0.4, -0.2) is 48.1 Å². The Morgan fingerprint density at radius 2 is 2.05 bits per heavy atom. The second-order valence-electron chi connectivity index (χ2n) is 5.24. The fourth-order valence-corrected chi connectivity index (χ4v) is 2.49. The number of amides is 1. The van der Waals surface area contributed by atoms with Gasteiger partial charge in [0.2, 0.25) is 0 Å². The first-order valence-electron chi connectivity index (χ1n) is 7.05. The van der Waals surface area contributed by atoms with E-state index >= 15 is 0 Å². The van der Waals surface area contributed by atoms with Crippen LogP contribution in [0.15, 0.2) is 24.3 Å². The number of carbonyl (C=O) groups is 2. The minimum Gasteiger partial charge on any atom is -0.481 e. The average molecular weight is 294 g/mol. The Balaban J connectivity index is 1.75. The van der Waals surface area contributed by atoms with Crippen LogP contribution in [0, 0.1) is 11.7 Å². The van der Waals surface area contributed by atoms with Gasteiger partial charge in [-0.25, -0.2) is 4.39 Å². The molecule has 1 fully saturated rings. The maximum atomic E-state index is 12.8. The van der Waals surface area contributed by atoms with Gasteiger partial charge in [0.25, 0.3) is 5.91 Å². The molecule has 1 heterocycles. The highest BCUT2D eigenvalue weighted by molar-refractivity contribution is 5.94. The number of hydrogen-bond donors (Lipinski definition) is 2. The molecule has 0 aromatic heterocycles. The summed E-state index contributed by atoms with van der Waals surface area (Å²) in [6.45, 7) is 2.46. The predicted molar refractivity (Wildman–Crippen MR) is 75.5 cm³/mol. The molecule has 0 saturated carbocycles. The van der Waals surface area contributed by atoms with Crippen molar-refractivity contribution in [1.29, 1.82) is 0 Å². The van der Waals surface area contributed by atoms with Crippen molar-refractivity contribution in [1.82, 2.24) is 10.2 Å². The van der Waals surface area contributed by atoms with E-state index in [1.54, 1.807) is 0 Å². The fraction of sp³-hybridized carbons (Fsp3) is 0.467. The van der Waals surface area contributed by atoms with Crippen molar-refractivity contribution in [2.24, 2.45) is 5.92 Å². The van der Waals surface area contributed by atoms with Crippen molar-refractivity contribution >= 4 is 11.9 Å². The maximum absolute atomic E-state index is 12.8. The number of piperidine rings is 1. The largest absolute Gasteiger partial charge is 0.481 e. The van der Waals surface area contributed by atoms with Crippen LogP contribution >= 0.6 is 0 Å². The van der Waals surface area contributed by atoms with Gasteiger partial charge in [0, 0.05) is 25.2 Å². The van der Waals surface area contributed by atoms with Gasteiger partial charge in [-0.1, -0.05) is 0 Å². The van der Waals surface area contributed by atoms with Crippen LogP contribution in [0.25, 0.3) is 0 Å². The van der Waals surface area contributed by atoms with Crippen LogP contribution in [0.2, 0.25) is 0 Å². The van der Waals surface area contributed by atoms with Crippen molar-refractivity contribution in [2.75, 3.05) is 26.2 Å². The Labute approximate surface area is 122 Å². The number of carbonyl (C=O) groups excluding carboxylic acids is 1. The SMILES string of the molecule is O=C(NCCN1CCC[C@@H](C(=O)O)C1)c1ccc(F)cc1.